The van der Waals surface area contributed by atoms with Crippen LogP contribution in [0.2, 0.25) is 5.02 Å². The topological polar surface area (TPSA) is 92.2 Å². The zero-order valence-electron chi connectivity index (χ0n) is 18.9. The van der Waals surface area contributed by atoms with E-state index in [0.29, 0.717) is 24.3 Å². The van der Waals surface area contributed by atoms with Crippen LogP contribution < -0.4 is 21.4 Å². The van der Waals surface area contributed by atoms with E-state index in [1.807, 2.05) is 0 Å². The molecule has 1 aromatic carbocycles. The number of amides is 1. The summed E-state index contributed by atoms with van der Waals surface area (Å²) in [5, 5.41) is 22.3. The number of carbonyl (C=O) groups is 1. The van der Waals surface area contributed by atoms with Crippen molar-refractivity contribution in [3.05, 3.63) is 29.0 Å². The number of nitriles is 1. The summed E-state index contributed by atoms with van der Waals surface area (Å²) in [5.74, 6) is -0.183. The van der Waals surface area contributed by atoms with E-state index < -0.39 is 5.82 Å². The highest BCUT2D eigenvalue weighted by Crippen LogP contribution is 2.38. The van der Waals surface area contributed by atoms with Crippen LogP contribution in [0.3, 0.4) is 0 Å². The number of benzene rings is 1. The van der Waals surface area contributed by atoms with Crippen molar-refractivity contribution in [1.82, 2.24) is 21.1 Å². The summed E-state index contributed by atoms with van der Waals surface area (Å²) >= 11 is 5.83. The summed E-state index contributed by atoms with van der Waals surface area (Å²) in [5.41, 5.74) is 4.06. The Bertz CT molecular complexity index is 936. The van der Waals surface area contributed by atoms with Gasteiger partial charge in [0.25, 0.3) is 0 Å². The second kappa shape index (κ2) is 9.38. The number of nitrogens with one attached hydrogen (secondary N) is 4. The fraction of sp³-hybridized carbons (Fsp3) is 0.667. The molecule has 4 aliphatic rings. The Kier molecular flexibility index (Phi) is 6.49. The molecule has 1 aromatic rings. The number of rotatable bonds is 6. The first-order chi connectivity index (χ1) is 15.9. The molecule has 4 fully saturated rings. The van der Waals surface area contributed by atoms with Crippen LogP contribution in [0.15, 0.2) is 18.2 Å². The predicted molar refractivity (Wildman–Crippen MR) is 125 cm³/mol. The zero-order chi connectivity index (χ0) is 23.1. The first kappa shape index (κ1) is 22.9. The zero-order valence-corrected chi connectivity index (χ0v) is 19.6. The van der Waals surface area contributed by atoms with E-state index in [1.54, 1.807) is 6.07 Å². The third-order valence-corrected chi connectivity index (χ3v) is 8.17. The lowest BCUT2D eigenvalue weighted by Crippen LogP contribution is -2.56. The Balaban J connectivity index is 1.31. The number of fused-ring (bicyclic) bond motifs is 1. The fourth-order valence-electron chi connectivity index (χ4n) is 5.95. The monoisotopic (exact) mass is 474 g/mol. The minimum absolute atomic E-state index is 0.0101. The van der Waals surface area contributed by atoms with Crippen LogP contribution >= 0.6 is 11.6 Å². The SMILES string of the molecule is C[C@H](N[C@@H]1CC[C@H](N2NC(Nc3ccc(Cl)c(F)c3)C3C(=O)NCCC32)[C@@H](C#N)C1)C1CC1. The van der Waals surface area contributed by atoms with E-state index in [4.69, 9.17) is 11.6 Å². The van der Waals surface area contributed by atoms with Crippen molar-refractivity contribution in [1.29, 1.82) is 5.26 Å². The van der Waals surface area contributed by atoms with Gasteiger partial charge in [-0.2, -0.15) is 5.26 Å². The van der Waals surface area contributed by atoms with Crippen molar-refractivity contribution in [3.63, 3.8) is 0 Å². The maximum atomic E-state index is 14.0. The third-order valence-electron chi connectivity index (χ3n) is 7.87. The quantitative estimate of drug-likeness (QED) is 0.506. The van der Waals surface area contributed by atoms with Gasteiger partial charge in [-0.05, 0) is 69.6 Å². The van der Waals surface area contributed by atoms with Gasteiger partial charge in [-0.3, -0.25) is 4.79 Å². The highest BCUT2D eigenvalue weighted by molar-refractivity contribution is 6.30. The highest BCUT2D eigenvalue weighted by Gasteiger charge is 2.51. The van der Waals surface area contributed by atoms with Gasteiger partial charge in [0.15, 0.2) is 0 Å². The molecule has 2 aliphatic heterocycles. The molecule has 5 rings (SSSR count). The largest absolute Gasteiger partial charge is 0.368 e. The van der Waals surface area contributed by atoms with Gasteiger partial charge in [0.2, 0.25) is 5.91 Å². The van der Waals surface area contributed by atoms with Gasteiger partial charge in [0.05, 0.1) is 22.9 Å². The molecule has 33 heavy (non-hydrogen) atoms. The van der Waals surface area contributed by atoms with Crippen LogP contribution in [0.25, 0.3) is 0 Å². The van der Waals surface area contributed by atoms with Crippen molar-refractivity contribution in [2.75, 3.05) is 11.9 Å². The normalized spacial score (nSPS) is 35.4. The van der Waals surface area contributed by atoms with Crippen molar-refractivity contribution in [3.8, 4) is 6.07 Å². The molecule has 4 N–H and O–H groups in total. The summed E-state index contributed by atoms with van der Waals surface area (Å²) in [6.45, 7) is 2.88. The number of nitrogens with zero attached hydrogens (tertiary/aromatic N) is 2. The van der Waals surface area contributed by atoms with E-state index in [-0.39, 0.29) is 41.0 Å². The fourth-order valence-corrected chi connectivity index (χ4v) is 6.07. The van der Waals surface area contributed by atoms with Gasteiger partial charge in [-0.15, -0.1) is 0 Å². The predicted octanol–water partition coefficient (Wildman–Crippen LogP) is 2.99. The average molecular weight is 475 g/mol. The maximum Gasteiger partial charge on any atom is 0.228 e. The van der Waals surface area contributed by atoms with Gasteiger partial charge in [0.1, 0.15) is 12.0 Å². The van der Waals surface area contributed by atoms with E-state index in [9.17, 15) is 14.4 Å². The molecule has 7 nitrogen and oxygen atoms in total. The van der Waals surface area contributed by atoms with Crippen LogP contribution in [0, 0.1) is 34.9 Å². The Hall–Kier alpha value is -1.92. The van der Waals surface area contributed by atoms with Gasteiger partial charge < -0.3 is 16.0 Å². The number of halogens is 2. The number of hydrogen-bond donors (Lipinski definition) is 4. The van der Waals surface area contributed by atoms with E-state index in [0.717, 1.165) is 31.6 Å². The Morgan fingerprint density at radius 1 is 1.24 bits per heavy atom. The molecule has 2 heterocycles. The van der Waals surface area contributed by atoms with Gasteiger partial charge in [0, 0.05) is 36.4 Å². The Morgan fingerprint density at radius 3 is 2.79 bits per heavy atom. The number of hydrogen-bond acceptors (Lipinski definition) is 6. The number of carbonyl (C=O) groups excluding carboxylic acids is 1. The lowest BCUT2D eigenvalue weighted by Gasteiger charge is -2.42. The number of anilines is 1. The minimum atomic E-state index is -0.503. The average Bonchev–Trinajstić information content (AvgIpc) is 3.59. The molecular formula is C24H32ClFN6O. The van der Waals surface area contributed by atoms with Gasteiger partial charge in [-0.1, -0.05) is 11.6 Å². The summed E-state index contributed by atoms with van der Waals surface area (Å²) in [6.07, 6.45) is 5.77. The van der Waals surface area contributed by atoms with Crippen molar-refractivity contribution in [2.45, 2.75) is 75.8 Å². The van der Waals surface area contributed by atoms with Gasteiger partial charge >= 0.3 is 0 Å². The van der Waals surface area contributed by atoms with E-state index in [1.165, 1.54) is 25.0 Å². The van der Waals surface area contributed by atoms with Gasteiger partial charge in [-0.25, -0.2) is 14.8 Å². The molecule has 7 atom stereocenters. The standard InChI is InChI=1S/C24H32ClFN6O/c1-13(14-2-3-14)29-16-5-7-20(15(10-16)12-27)32-21-8-9-28-24(33)22(21)23(31-32)30-17-4-6-18(25)19(26)11-17/h4,6,11,13-16,20-23,29-31H,2-3,5,7-10H2,1H3,(H,28,33)/t13-,15+,16+,20-,21?,22?,23?/m0/s1. The number of hydrazine groups is 1. The second-order valence-corrected chi connectivity index (χ2v) is 10.5. The summed E-state index contributed by atoms with van der Waals surface area (Å²) < 4.78 is 14.0. The first-order valence-corrected chi connectivity index (χ1v) is 12.5. The lowest BCUT2D eigenvalue weighted by atomic mass is 9.80. The Labute approximate surface area is 199 Å². The Morgan fingerprint density at radius 2 is 2.06 bits per heavy atom. The minimum Gasteiger partial charge on any atom is -0.368 e. The second-order valence-electron chi connectivity index (χ2n) is 10.1. The molecule has 178 valence electrons. The maximum absolute atomic E-state index is 14.0. The molecular weight excluding hydrogens is 443 g/mol. The van der Waals surface area contributed by atoms with Crippen LogP contribution in [0.4, 0.5) is 10.1 Å². The van der Waals surface area contributed by atoms with Crippen LogP contribution in [-0.4, -0.2) is 47.8 Å². The smallest absolute Gasteiger partial charge is 0.228 e. The van der Waals surface area contributed by atoms with Crippen molar-refractivity contribution in [2.24, 2.45) is 17.8 Å². The van der Waals surface area contributed by atoms with Crippen LogP contribution in [0.1, 0.15) is 45.4 Å². The third kappa shape index (κ3) is 4.69. The molecule has 0 radical (unpaired) electrons. The highest BCUT2D eigenvalue weighted by atomic mass is 35.5. The van der Waals surface area contributed by atoms with Crippen molar-refractivity contribution >= 4 is 23.2 Å². The van der Waals surface area contributed by atoms with Crippen molar-refractivity contribution < 1.29 is 9.18 Å². The van der Waals surface area contributed by atoms with Crippen LogP contribution in [-0.2, 0) is 4.79 Å². The van der Waals surface area contributed by atoms with E-state index in [2.05, 4.69) is 39.4 Å². The summed E-state index contributed by atoms with van der Waals surface area (Å²) in [6, 6.07) is 8.02. The summed E-state index contributed by atoms with van der Waals surface area (Å²) in [7, 11) is 0. The molecule has 0 spiro atoms. The molecule has 0 bridgehead atoms. The molecule has 9 heteroatoms. The molecule has 1 amide bonds. The first-order valence-electron chi connectivity index (χ1n) is 12.1. The molecule has 2 saturated carbocycles. The van der Waals surface area contributed by atoms with Crippen LogP contribution in [0.5, 0.6) is 0 Å². The van der Waals surface area contributed by atoms with E-state index >= 15 is 0 Å². The molecule has 0 aromatic heterocycles. The molecule has 3 unspecified atom stereocenters. The number of piperidine rings is 1. The molecule has 2 aliphatic carbocycles. The lowest BCUT2D eigenvalue weighted by molar-refractivity contribution is -0.128. The summed E-state index contributed by atoms with van der Waals surface area (Å²) in [4.78, 5) is 12.8. The molecule has 2 saturated heterocycles.